The normalized spacial score (nSPS) is 11.8. The molecule has 43 heavy (non-hydrogen) atoms. The van der Waals surface area contributed by atoms with Gasteiger partial charge in [-0.25, -0.2) is 0 Å². The average Bonchev–Trinajstić information content (AvgIpc) is 2.98. The Morgan fingerprint density at radius 1 is 0.465 bits per heavy atom. The highest BCUT2D eigenvalue weighted by Gasteiger charge is 2.13. The molecule has 0 aromatic heterocycles. The molecule has 0 aliphatic rings. The molecule has 0 aliphatic heterocycles. The third kappa shape index (κ3) is 25.9. The van der Waals surface area contributed by atoms with Crippen LogP contribution in [0.5, 0.6) is 5.75 Å². The van der Waals surface area contributed by atoms with Crippen LogP contribution in [-0.4, -0.2) is 0 Å². The van der Waals surface area contributed by atoms with E-state index in [2.05, 4.69) is 32.0 Å². The Morgan fingerprint density at radius 3 is 0.977 bits per heavy atom. The second-order valence-electron chi connectivity index (χ2n) is 13.1. The number of hydrogen-bond acceptors (Lipinski definition) is 4. The zero-order chi connectivity index (χ0) is 31.3. The Kier molecular flexibility index (Phi) is 28.2. The minimum Gasteiger partial charge on any atom is -0.682 e. The molecule has 0 atom stereocenters. The van der Waals surface area contributed by atoms with E-state index >= 15 is 0 Å². The minimum atomic E-state index is -3.42. The van der Waals surface area contributed by atoms with Gasteiger partial charge >= 0.3 is 0 Å². The molecule has 0 heterocycles. The van der Waals surface area contributed by atoms with Gasteiger partial charge in [-0.2, -0.15) is 0 Å². The molecule has 0 radical (unpaired) electrons. The van der Waals surface area contributed by atoms with Gasteiger partial charge in [-0.3, -0.25) is 0 Å². The fourth-order valence-corrected chi connectivity index (χ4v) is 7.19. The van der Waals surface area contributed by atoms with E-state index in [1.165, 1.54) is 167 Å². The summed E-state index contributed by atoms with van der Waals surface area (Å²) in [5.74, 6) is 0.736. The molecule has 5 heteroatoms. The lowest BCUT2D eigenvalue weighted by molar-refractivity contribution is -0.169. The lowest BCUT2D eigenvalue weighted by atomic mass is 9.98. The van der Waals surface area contributed by atoms with Crippen molar-refractivity contribution in [3.8, 4) is 5.75 Å². The summed E-state index contributed by atoms with van der Waals surface area (Å²) in [7, 11) is 0. The van der Waals surface area contributed by atoms with Crippen molar-refractivity contribution in [2.24, 2.45) is 0 Å². The molecule has 252 valence electrons. The number of rotatable bonds is 32. The molecule has 0 saturated heterocycles. The Labute approximate surface area is 280 Å². The summed E-state index contributed by atoms with van der Waals surface area (Å²) in [6, 6.07) is 6.36. The molecule has 1 rings (SSSR count). The maximum Gasteiger partial charge on any atom is 0.174 e. The van der Waals surface area contributed by atoms with Crippen molar-refractivity contribution in [2.75, 3.05) is 0 Å². The van der Waals surface area contributed by atoms with E-state index in [0.29, 0.717) is 0 Å². The zero-order valence-corrected chi connectivity index (χ0v) is 31.1. The van der Waals surface area contributed by atoms with Gasteiger partial charge < -0.3 is 33.9 Å². The van der Waals surface area contributed by atoms with Crippen LogP contribution in [0.3, 0.4) is 0 Å². The molecule has 0 aliphatic carbocycles. The van der Waals surface area contributed by atoms with Crippen LogP contribution >= 0.6 is 6.12 Å². The second-order valence-corrected chi connectivity index (χ2v) is 17.8. The van der Waals surface area contributed by atoms with Crippen molar-refractivity contribution in [3.05, 3.63) is 29.3 Å². The fourth-order valence-electron chi connectivity index (χ4n) is 6.28. The molecule has 1 aromatic rings. The first kappa shape index (κ1) is 41.1. The van der Waals surface area contributed by atoms with Crippen LogP contribution in [-0.2, 0) is 37.3 Å². The third-order valence-corrected chi connectivity index (χ3v) is 9.83. The molecular weight excluding hydrogens is 584 g/mol. The molecule has 0 saturated carbocycles. The molecule has 0 spiro atoms. The highest BCUT2D eigenvalue weighted by Crippen LogP contribution is 2.48. The van der Waals surface area contributed by atoms with Gasteiger partial charge in [0, 0.05) is 0 Å². The lowest BCUT2D eigenvalue weighted by Gasteiger charge is -2.43. The summed E-state index contributed by atoms with van der Waals surface area (Å²) in [4.78, 5) is 12.3. The van der Waals surface area contributed by atoms with E-state index < -0.39 is 6.12 Å². The van der Waals surface area contributed by atoms with E-state index in [-0.39, 0.29) is 0 Å². The third-order valence-electron chi connectivity index (χ3n) is 8.98. The van der Waals surface area contributed by atoms with E-state index in [1.54, 1.807) is 0 Å². The monoisotopic (exact) mass is 652 g/mol. The Bertz CT molecular complexity index is 687. The minimum absolute atomic E-state index is 0.736. The molecule has 0 N–H and O–H groups in total. The van der Waals surface area contributed by atoms with Crippen LogP contribution in [0.1, 0.15) is 205 Å². The quantitative estimate of drug-likeness (QED) is 0.0440. The van der Waals surface area contributed by atoms with Gasteiger partial charge in [0.25, 0.3) is 0 Å². The first-order valence-corrected chi connectivity index (χ1v) is 22.5. The number of aryl methyl sites for hydroxylation is 2. The van der Waals surface area contributed by atoms with Crippen LogP contribution in [0.15, 0.2) is 18.2 Å². The number of hydrogen-bond donors (Lipinski definition) is 0. The molecule has 1 aromatic carbocycles. The van der Waals surface area contributed by atoms with Gasteiger partial charge in [-0.05, 0) is 36.8 Å². The highest BCUT2D eigenvalue weighted by molar-refractivity contribution is 8.69. The van der Waals surface area contributed by atoms with Crippen molar-refractivity contribution in [3.63, 3.8) is 0 Å². The van der Waals surface area contributed by atoms with Crippen LogP contribution in [0.25, 0.3) is 0 Å². The predicted octanol–water partition coefficient (Wildman–Crippen LogP) is 13.2. The molecule has 0 amide bonds. The largest absolute Gasteiger partial charge is 0.682 e. The Morgan fingerprint density at radius 2 is 0.721 bits per heavy atom. The standard InChI is InChI=1S/C38H71O2PS2/c1-3-5-7-9-11-13-15-17-19-21-23-25-27-29-32-36-34-31-35-37(38(36)40-41(39,42)43)33-30-28-26-24-22-20-18-16-14-12-10-8-6-4-2/h31,34-35H,3-30,32-33H2,1-2H3,(H2,39,42,43)/p-2. The lowest BCUT2D eigenvalue weighted by Crippen LogP contribution is -2.12. The summed E-state index contributed by atoms with van der Waals surface area (Å²) in [5, 5.41) is 0. The predicted molar refractivity (Wildman–Crippen MR) is 197 cm³/mol. The molecular formula is C38H69O2PS2-2. The number of para-hydroxylation sites is 1. The Hall–Kier alpha value is 0.110. The topological polar surface area (TPSA) is 32.3 Å². The fraction of sp³-hybridized carbons (Fsp3) is 0.842. The van der Waals surface area contributed by atoms with Gasteiger partial charge in [0.05, 0.1) is 0 Å². The molecule has 0 unspecified atom stereocenters. The van der Waals surface area contributed by atoms with E-state index in [4.69, 9.17) is 29.0 Å². The van der Waals surface area contributed by atoms with Gasteiger partial charge in [0.15, 0.2) is 5.75 Å². The van der Waals surface area contributed by atoms with E-state index in [9.17, 15) is 4.89 Å². The smallest absolute Gasteiger partial charge is 0.174 e. The summed E-state index contributed by atoms with van der Waals surface area (Å²) in [5.41, 5.74) is 2.27. The highest BCUT2D eigenvalue weighted by atomic mass is 33.1. The van der Waals surface area contributed by atoms with Crippen molar-refractivity contribution in [1.29, 1.82) is 0 Å². The number of benzene rings is 1. The van der Waals surface area contributed by atoms with E-state index in [1.807, 2.05) is 0 Å². The maximum absolute atomic E-state index is 12.3. The van der Waals surface area contributed by atoms with Crippen LogP contribution < -0.4 is 9.42 Å². The summed E-state index contributed by atoms with van der Waals surface area (Å²) < 4.78 is 5.79. The summed E-state index contributed by atoms with van der Waals surface area (Å²) in [6.45, 7) is 4.57. The van der Waals surface area contributed by atoms with Crippen molar-refractivity contribution in [1.82, 2.24) is 0 Å². The van der Waals surface area contributed by atoms with Gasteiger partial charge in [0.2, 0.25) is 0 Å². The average molecular weight is 653 g/mol. The van der Waals surface area contributed by atoms with Crippen LogP contribution in [0.2, 0.25) is 0 Å². The summed E-state index contributed by atoms with van der Waals surface area (Å²) >= 11 is 10.0. The van der Waals surface area contributed by atoms with Gasteiger partial charge in [-0.15, -0.1) is 6.12 Å². The molecule has 0 bridgehead atoms. The van der Waals surface area contributed by atoms with Crippen molar-refractivity contribution >= 4 is 30.6 Å². The summed E-state index contributed by atoms with van der Waals surface area (Å²) in [6.07, 6.45) is 36.6. The Balaban J connectivity index is 2.21. The van der Waals surface area contributed by atoms with Crippen LogP contribution in [0.4, 0.5) is 0 Å². The van der Waals surface area contributed by atoms with Crippen LogP contribution in [0, 0.1) is 0 Å². The maximum atomic E-state index is 12.3. The molecule has 2 nitrogen and oxygen atoms in total. The second kappa shape index (κ2) is 29.5. The van der Waals surface area contributed by atoms with Crippen molar-refractivity contribution < 1.29 is 9.42 Å². The van der Waals surface area contributed by atoms with E-state index in [0.717, 1.165) is 42.6 Å². The van der Waals surface area contributed by atoms with Gasteiger partial charge in [-0.1, -0.05) is 199 Å². The molecule has 0 fully saturated rings. The van der Waals surface area contributed by atoms with Crippen molar-refractivity contribution in [2.45, 2.75) is 206 Å². The van der Waals surface area contributed by atoms with Gasteiger partial charge in [0.1, 0.15) is 0 Å². The first-order chi connectivity index (χ1) is 21.0. The number of unbranched alkanes of at least 4 members (excludes halogenated alkanes) is 26. The zero-order valence-electron chi connectivity index (χ0n) is 28.5. The first-order valence-electron chi connectivity index (χ1n) is 18.8. The SMILES string of the molecule is CCCCCCCCCCCCCCCCc1cccc(CCCCCCCCCCCCCCCC)c1O[P+]([O-])([S-])[S-].